The van der Waals surface area contributed by atoms with Crippen molar-refractivity contribution in [3.63, 3.8) is 0 Å². The number of halogens is 1. The highest BCUT2D eigenvalue weighted by Crippen LogP contribution is 2.36. The minimum atomic E-state index is -3.51. The Morgan fingerprint density at radius 2 is 1.86 bits per heavy atom. The normalized spacial score (nSPS) is 14.3. The zero-order chi connectivity index (χ0) is 15.2. The van der Waals surface area contributed by atoms with Crippen LogP contribution in [0.15, 0.2) is 45.8 Å². The molecule has 2 aromatic rings. The van der Waals surface area contributed by atoms with Crippen molar-refractivity contribution < 1.29 is 8.42 Å². The van der Waals surface area contributed by atoms with Crippen LogP contribution in [0.3, 0.4) is 0 Å². The predicted molar refractivity (Wildman–Crippen MR) is 88.3 cm³/mol. The largest absolute Gasteiger partial charge is 0.265 e. The smallest absolute Gasteiger partial charge is 0.264 e. The highest BCUT2D eigenvalue weighted by atomic mass is 79.9. The maximum Gasteiger partial charge on any atom is 0.264 e. The van der Waals surface area contributed by atoms with Gasteiger partial charge in [-0.25, -0.2) is 8.42 Å². The number of hydrogen-bond donors (Lipinski definition) is 0. The van der Waals surface area contributed by atoms with Crippen LogP contribution in [0.2, 0.25) is 0 Å². The number of para-hydroxylation sites is 1. The van der Waals surface area contributed by atoms with E-state index in [1.54, 1.807) is 16.4 Å². The molecule has 0 fully saturated rings. The number of aryl methyl sites for hydroxylation is 2. The lowest BCUT2D eigenvalue weighted by Gasteiger charge is -2.22. The third-order valence-corrected chi connectivity index (χ3v) is 6.31. The monoisotopic (exact) mass is 365 g/mol. The van der Waals surface area contributed by atoms with E-state index in [0.29, 0.717) is 11.4 Å². The van der Waals surface area contributed by atoms with Gasteiger partial charge in [0.2, 0.25) is 0 Å². The average molecular weight is 366 g/mol. The van der Waals surface area contributed by atoms with Crippen molar-refractivity contribution in [1.29, 1.82) is 0 Å². The van der Waals surface area contributed by atoms with E-state index >= 15 is 0 Å². The minimum absolute atomic E-state index is 0.377. The molecule has 1 aliphatic rings. The lowest BCUT2D eigenvalue weighted by Crippen LogP contribution is -2.30. The molecule has 2 aromatic carbocycles. The highest BCUT2D eigenvalue weighted by Gasteiger charge is 2.32. The van der Waals surface area contributed by atoms with Crippen molar-refractivity contribution in [3.8, 4) is 0 Å². The maximum atomic E-state index is 13.0. The van der Waals surface area contributed by atoms with Gasteiger partial charge in [0.15, 0.2) is 0 Å². The van der Waals surface area contributed by atoms with Crippen LogP contribution in [0.25, 0.3) is 0 Å². The molecular formula is C16H16BrNO2S. The van der Waals surface area contributed by atoms with Gasteiger partial charge in [-0.2, -0.15) is 0 Å². The molecular weight excluding hydrogens is 350 g/mol. The minimum Gasteiger partial charge on any atom is -0.265 e. The predicted octanol–water partition coefficient (Wildman–Crippen LogP) is 3.82. The Morgan fingerprint density at radius 3 is 2.57 bits per heavy atom. The van der Waals surface area contributed by atoms with E-state index in [2.05, 4.69) is 15.9 Å². The number of benzene rings is 2. The van der Waals surface area contributed by atoms with Gasteiger partial charge in [0.25, 0.3) is 10.0 Å². The highest BCUT2D eigenvalue weighted by molar-refractivity contribution is 9.10. The van der Waals surface area contributed by atoms with Crippen LogP contribution in [0.1, 0.15) is 16.7 Å². The number of sulfonamides is 1. The van der Waals surface area contributed by atoms with E-state index in [1.165, 1.54) is 0 Å². The fourth-order valence-corrected chi connectivity index (χ4v) is 5.13. The Kier molecular flexibility index (Phi) is 3.58. The summed E-state index contributed by atoms with van der Waals surface area (Å²) < 4.78 is 28.4. The van der Waals surface area contributed by atoms with Crippen LogP contribution in [-0.2, 0) is 16.4 Å². The molecule has 1 heterocycles. The van der Waals surface area contributed by atoms with Crippen LogP contribution in [0.5, 0.6) is 0 Å². The number of nitrogens with zero attached hydrogens (tertiary/aromatic N) is 1. The molecule has 0 N–H and O–H groups in total. The quantitative estimate of drug-likeness (QED) is 0.811. The summed E-state index contributed by atoms with van der Waals surface area (Å²) in [6.07, 6.45) is 0.770. The van der Waals surface area contributed by atoms with Crippen molar-refractivity contribution in [3.05, 3.63) is 57.6 Å². The van der Waals surface area contributed by atoms with E-state index in [1.807, 2.05) is 38.1 Å². The van der Waals surface area contributed by atoms with Crippen molar-refractivity contribution >= 4 is 31.6 Å². The Balaban J connectivity index is 2.14. The summed E-state index contributed by atoms with van der Waals surface area (Å²) in [7, 11) is -3.51. The van der Waals surface area contributed by atoms with Gasteiger partial charge >= 0.3 is 0 Å². The van der Waals surface area contributed by atoms with Crippen LogP contribution in [0.4, 0.5) is 5.69 Å². The topological polar surface area (TPSA) is 37.4 Å². The fourth-order valence-electron chi connectivity index (χ4n) is 2.87. The van der Waals surface area contributed by atoms with Gasteiger partial charge in [-0.3, -0.25) is 4.31 Å². The number of anilines is 1. The molecule has 0 aromatic heterocycles. The van der Waals surface area contributed by atoms with E-state index in [9.17, 15) is 8.42 Å². The zero-order valence-corrected chi connectivity index (χ0v) is 14.3. The van der Waals surface area contributed by atoms with Gasteiger partial charge in [0.05, 0.1) is 10.6 Å². The first kappa shape index (κ1) is 14.6. The summed E-state index contributed by atoms with van der Waals surface area (Å²) in [5.74, 6) is 0. The SMILES string of the molecule is Cc1cc(Br)ccc1S(=O)(=O)N1CCc2cccc(C)c21. The second kappa shape index (κ2) is 5.14. The molecule has 0 amide bonds. The van der Waals surface area contributed by atoms with E-state index in [-0.39, 0.29) is 0 Å². The van der Waals surface area contributed by atoms with Gasteiger partial charge in [0, 0.05) is 11.0 Å². The molecule has 110 valence electrons. The van der Waals surface area contributed by atoms with Crippen LogP contribution in [-0.4, -0.2) is 15.0 Å². The lowest BCUT2D eigenvalue weighted by atomic mass is 10.1. The van der Waals surface area contributed by atoms with Gasteiger partial charge in [-0.05, 0) is 55.2 Å². The first-order valence-corrected chi connectivity index (χ1v) is 9.02. The molecule has 0 atom stereocenters. The number of rotatable bonds is 2. The summed E-state index contributed by atoms with van der Waals surface area (Å²) in [6.45, 7) is 4.30. The van der Waals surface area contributed by atoms with Crippen molar-refractivity contribution in [1.82, 2.24) is 0 Å². The van der Waals surface area contributed by atoms with Crippen molar-refractivity contribution in [2.24, 2.45) is 0 Å². The summed E-state index contributed by atoms with van der Waals surface area (Å²) in [6, 6.07) is 11.2. The molecule has 0 aliphatic carbocycles. The summed E-state index contributed by atoms with van der Waals surface area (Å²) >= 11 is 3.38. The fraction of sp³-hybridized carbons (Fsp3) is 0.250. The molecule has 0 radical (unpaired) electrons. The second-order valence-electron chi connectivity index (χ2n) is 5.32. The van der Waals surface area contributed by atoms with E-state index in [4.69, 9.17) is 0 Å². The molecule has 1 aliphatic heterocycles. The molecule has 0 unspecified atom stereocenters. The third-order valence-electron chi connectivity index (χ3n) is 3.86. The summed E-state index contributed by atoms with van der Waals surface area (Å²) in [5.41, 5.74) is 3.71. The molecule has 0 saturated carbocycles. The Morgan fingerprint density at radius 1 is 1.10 bits per heavy atom. The summed E-state index contributed by atoms with van der Waals surface area (Å²) in [5, 5.41) is 0. The van der Waals surface area contributed by atoms with E-state index < -0.39 is 10.0 Å². The molecule has 0 spiro atoms. The van der Waals surface area contributed by atoms with Crippen molar-refractivity contribution in [2.45, 2.75) is 25.2 Å². The number of fused-ring (bicyclic) bond motifs is 1. The zero-order valence-electron chi connectivity index (χ0n) is 11.9. The molecule has 0 bridgehead atoms. The number of hydrogen-bond acceptors (Lipinski definition) is 2. The van der Waals surface area contributed by atoms with E-state index in [0.717, 1.165) is 33.3 Å². The molecule has 0 saturated heterocycles. The molecule has 3 rings (SSSR count). The Hall–Kier alpha value is -1.33. The van der Waals surface area contributed by atoms with Crippen LogP contribution in [0, 0.1) is 13.8 Å². The summed E-state index contributed by atoms with van der Waals surface area (Å²) in [4.78, 5) is 0.377. The van der Waals surface area contributed by atoms with Crippen LogP contribution < -0.4 is 4.31 Å². The maximum absolute atomic E-state index is 13.0. The van der Waals surface area contributed by atoms with Crippen molar-refractivity contribution in [2.75, 3.05) is 10.8 Å². The third kappa shape index (κ3) is 2.38. The van der Waals surface area contributed by atoms with Crippen LogP contribution >= 0.6 is 15.9 Å². The Bertz CT molecular complexity index is 815. The average Bonchev–Trinajstić information content (AvgIpc) is 2.84. The second-order valence-corrected chi connectivity index (χ2v) is 8.07. The van der Waals surface area contributed by atoms with Gasteiger partial charge < -0.3 is 0 Å². The Labute approximate surface area is 133 Å². The first-order valence-electron chi connectivity index (χ1n) is 6.78. The first-order chi connectivity index (χ1) is 9.91. The molecule has 3 nitrogen and oxygen atoms in total. The standard InChI is InChI=1S/C16H16BrNO2S/c1-11-4-3-5-13-8-9-18(16(11)13)21(19,20)15-7-6-14(17)10-12(15)2/h3-7,10H,8-9H2,1-2H3. The molecule has 5 heteroatoms. The van der Waals surface area contributed by atoms with Gasteiger partial charge in [-0.15, -0.1) is 0 Å². The van der Waals surface area contributed by atoms with Gasteiger partial charge in [-0.1, -0.05) is 34.1 Å². The lowest BCUT2D eigenvalue weighted by molar-refractivity contribution is 0.591. The van der Waals surface area contributed by atoms with Gasteiger partial charge in [0.1, 0.15) is 0 Å². The molecule has 21 heavy (non-hydrogen) atoms.